The standard InChI is InChI=1S/C24H36O5/c1-20-13-7-3-2-4-8-16-22(26)19-23(27)17-11-5-9-14-21(25)15-10-6-12-18-24(28)29-20/h5-6,8-12,14,16,18,20-23,25-27H,2-4,7,13,15,17,19H2,1H3/b10-6+,11-5-,14-9+,16-8+,18-12?/t20-,21-,22+,23+/m1/s1. The quantitative estimate of drug-likeness (QED) is 0.421. The lowest BCUT2D eigenvalue weighted by Gasteiger charge is -2.11. The lowest BCUT2D eigenvalue weighted by molar-refractivity contribution is -0.142. The first-order chi connectivity index (χ1) is 14.0. The maximum absolute atomic E-state index is 11.8. The van der Waals surface area contributed by atoms with E-state index >= 15 is 0 Å². The van der Waals surface area contributed by atoms with Gasteiger partial charge in [0.05, 0.1) is 24.4 Å². The summed E-state index contributed by atoms with van der Waals surface area (Å²) in [5.41, 5.74) is 0. The second-order valence-corrected chi connectivity index (χ2v) is 7.41. The van der Waals surface area contributed by atoms with Gasteiger partial charge in [0.1, 0.15) is 0 Å². The molecule has 0 saturated heterocycles. The fraction of sp³-hybridized carbons (Fsp3) is 0.542. The van der Waals surface area contributed by atoms with Crippen LogP contribution in [0, 0.1) is 0 Å². The summed E-state index contributed by atoms with van der Waals surface area (Å²) >= 11 is 0. The molecule has 0 fully saturated rings. The van der Waals surface area contributed by atoms with E-state index in [2.05, 4.69) is 0 Å². The predicted molar refractivity (Wildman–Crippen MR) is 116 cm³/mol. The molecule has 0 unspecified atom stereocenters. The molecule has 1 heterocycles. The van der Waals surface area contributed by atoms with Crippen molar-refractivity contribution in [2.45, 2.75) is 82.7 Å². The zero-order valence-electron chi connectivity index (χ0n) is 17.4. The van der Waals surface area contributed by atoms with Crippen molar-refractivity contribution >= 4 is 5.97 Å². The predicted octanol–water partition coefficient (Wildman–Crippen LogP) is 3.92. The minimum absolute atomic E-state index is 0.125. The van der Waals surface area contributed by atoms with E-state index < -0.39 is 18.3 Å². The van der Waals surface area contributed by atoms with Crippen molar-refractivity contribution < 1.29 is 24.9 Å². The van der Waals surface area contributed by atoms with E-state index in [1.165, 1.54) is 6.08 Å². The van der Waals surface area contributed by atoms with Gasteiger partial charge in [-0.15, -0.1) is 0 Å². The number of hydrogen-bond acceptors (Lipinski definition) is 5. The van der Waals surface area contributed by atoms with Gasteiger partial charge >= 0.3 is 5.97 Å². The third-order valence-electron chi connectivity index (χ3n) is 4.52. The smallest absolute Gasteiger partial charge is 0.331 e. The molecule has 0 amide bonds. The average Bonchev–Trinajstić information content (AvgIpc) is 2.65. The van der Waals surface area contributed by atoms with Gasteiger partial charge in [0, 0.05) is 12.5 Å². The van der Waals surface area contributed by atoms with Gasteiger partial charge in [-0.2, -0.15) is 0 Å². The molecule has 1 aliphatic rings. The lowest BCUT2D eigenvalue weighted by Crippen LogP contribution is -2.14. The third kappa shape index (κ3) is 14.7. The molecule has 0 aliphatic carbocycles. The van der Waals surface area contributed by atoms with E-state index in [1.54, 1.807) is 42.5 Å². The Kier molecular flexibility index (Phi) is 13.8. The van der Waals surface area contributed by atoms with Gasteiger partial charge in [0.25, 0.3) is 0 Å². The van der Waals surface area contributed by atoms with Crippen molar-refractivity contribution in [1.82, 2.24) is 0 Å². The highest BCUT2D eigenvalue weighted by Gasteiger charge is 2.08. The van der Waals surface area contributed by atoms with Crippen LogP contribution in [0.4, 0.5) is 0 Å². The largest absolute Gasteiger partial charge is 0.460 e. The van der Waals surface area contributed by atoms with Crippen molar-refractivity contribution in [3.05, 3.63) is 60.8 Å². The molecule has 5 nitrogen and oxygen atoms in total. The number of aliphatic hydroxyl groups is 3. The molecular formula is C24H36O5. The summed E-state index contributed by atoms with van der Waals surface area (Å²) < 4.78 is 5.34. The van der Waals surface area contributed by atoms with E-state index in [0.29, 0.717) is 19.3 Å². The van der Waals surface area contributed by atoms with Crippen LogP contribution in [0.5, 0.6) is 0 Å². The molecule has 0 spiro atoms. The summed E-state index contributed by atoms with van der Waals surface area (Å²) in [6, 6.07) is 0. The number of rotatable bonds is 0. The number of esters is 1. The minimum atomic E-state index is -0.652. The summed E-state index contributed by atoms with van der Waals surface area (Å²) in [6.07, 6.45) is 21.1. The first-order valence-corrected chi connectivity index (χ1v) is 10.6. The molecule has 1 aliphatic heterocycles. The van der Waals surface area contributed by atoms with Gasteiger partial charge in [-0.1, -0.05) is 61.1 Å². The molecule has 0 aromatic carbocycles. The van der Waals surface area contributed by atoms with Crippen LogP contribution in [0.1, 0.15) is 58.3 Å². The van der Waals surface area contributed by atoms with Crippen LogP contribution in [-0.2, 0) is 9.53 Å². The van der Waals surface area contributed by atoms with Crippen molar-refractivity contribution in [3.63, 3.8) is 0 Å². The Balaban J connectivity index is 2.60. The number of carbonyl (C=O) groups excluding carboxylic acids is 1. The Morgan fingerprint density at radius 3 is 2.45 bits per heavy atom. The van der Waals surface area contributed by atoms with E-state index in [1.807, 2.05) is 19.1 Å². The highest BCUT2D eigenvalue weighted by molar-refractivity contribution is 5.82. The van der Waals surface area contributed by atoms with Crippen molar-refractivity contribution in [3.8, 4) is 0 Å². The fourth-order valence-electron chi connectivity index (χ4n) is 2.89. The molecule has 0 radical (unpaired) electrons. The molecular weight excluding hydrogens is 368 g/mol. The van der Waals surface area contributed by atoms with Crippen LogP contribution in [0.3, 0.4) is 0 Å². The molecule has 3 N–H and O–H groups in total. The molecule has 0 aromatic heterocycles. The van der Waals surface area contributed by atoms with E-state index in [-0.39, 0.29) is 12.1 Å². The molecule has 0 aromatic rings. The SMILES string of the molecule is C[C@@H]1CCCCC/C=C/[C@H](O)C[C@@H](O)C/C=C\C=C\[C@@H](O)C/C=C/C=CC(=O)O1. The molecule has 5 heteroatoms. The Bertz CT molecular complexity index is 588. The minimum Gasteiger partial charge on any atom is -0.460 e. The lowest BCUT2D eigenvalue weighted by atomic mass is 10.1. The monoisotopic (exact) mass is 404 g/mol. The number of cyclic esters (lactones) is 1. The summed E-state index contributed by atoms with van der Waals surface area (Å²) in [4.78, 5) is 11.8. The van der Waals surface area contributed by atoms with Gasteiger partial charge in [0.15, 0.2) is 0 Å². The van der Waals surface area contributed by atoms with Crippen molar-refractivity contribution in [2.75, 3.05) is 0 Å². The second kappa shape index (κ2) is 15.9. The number of aliphatic hydroxyl groups excluding tert-OH is 3. The Morgan fingerprint density at radius 2 is 1.62 bits per heavy atom. The molecule has 29 heavy (non-hydrogen) atoms. The number of ether oxygens (including phenoxy) is 1. The van der Waals surface area contributed by atoms with Crippen LogP contribution in [0.15, 0.2) is 60.8 Å². The zero-order valence-corrected chi connectivity index (χ0v) is 17.4. The summed E-state index contributed by atoms with van der Waals surface area (Å²) in [7, 11) is 0. The average molecular weight is 405 g/mol. The van der Waals surface area contributed by atoms with Crippen LogP contribution in [0.25, 0.3) is 0 Å². The third-order valence-corrected chi connectivity index (χ3v) is 4.52. The maximum Gasteiger partial charge on any atom is 0.331 e. The molecule has 1 rings (SSSR count). The molecule has 4 atom stereocenters. The maximum atomic E-state index is 11.8. The van der Waals surface area contributed by atoms with Crippen LogP contribution < -0.4 is 0 Å². The summed E-state index contributed by atoms with van der Waals surface area (Å²) in [6.45, 7) is 1.89. The van der Waals surface area contributed by atoms with Crippen LogP contribution in [0.2, 0.25) is 0 Å². The Morgan fingerprint density at radius 1 is 0.862 bits per heavy atom. The van der Waals surface area contributed by atoms with E-state index in [0.717, 1.165) is 32.1 Å². The van der Waals surface area contributed by atoms with Crippen LogP contribution in [-0.4, -0.2) is 45.7 Å². The topological polar surface area (TPSA) is 87.0 Å². The first kappa shape index (κ1) is 25.1. The number of allylic oxidation sites excluding steroid dienone is 5. The normalized spacial score (nSPS) is 33.7. The van der Waals surface area contributed by atoms with Crippen LogP contribution >= 0.6 is 0 Å². The summed E-state index contributed by atoms with van der Waals surface area (Å²) in [5.74, 6) is -0.360. The first-order valence-electron chi connectivity index (χ1n) is 10.6. The van der Waals surface area contributed by atoms with E-state index in [9.17, 15) is 20.1 Å². The fourth-order valence-corrected chi connectivity index (χ4v) is 2.89. The van der Waals surface area contributed by atoms with Gasteiger partial charge in [-0.3, -0.25) is 0 Å². The molecule has 0 bridgehead atoms. The summed E-state index contributed by atoms with van der Waals surface area (Å²) in [5, 5.41) is 29.8. The number of hydrogen-bond donors (Lipinski definition) is 3. The highest BCUT2D eigenvalue weighted by Crippen LogP contribution is 2.10. The Hall–Kier alpha value is -1.95. The Labute approximate surface area is 174 Å². The second-order valence-electron chi connectivity index (χ2n) is 7.41. The zero-order chi connectivity index (χ0) is 21.3. The highest BCUT2D eigenvalue weighted by atomic mass is 16.5. The molecule has 0 saturated carbocycles. The van der Waals surface area contributed by atoms with E-state index in [4.69, 9.17) is 4.74 Å². The molecule has 162 valence electrons. The van der Waals surface area contributed by atoms with Gasteiger partial charge in [-0.25, -0.2) is 4.79 Å². The van der Waals surface area contributed by atoms with Crippen molar-refractivity contribution in [2.24, 2.45) is 0 Å². The number of carbonyl (C=O) groups is 1. The van der Waals surface area contributed by atoms with Gasteiger partial charge < -0.3 is 20.1 Å². The van der Waals surface area contributed by atoms with Gasteiger partial charge in [-0.05, 0) is 45.4 Å². The van der Waals surface area contributed by atoms with Crippen molar-refractivity contribution in [1.29, 1.82) is 0 Å². The van der Waals surface area contributed by atoms with Gasteiger partial charge in [0.2, 0.25) is 0 Å².